The lowest BCUT2D eigenvalue weighted by atomic mass is 10.2. The van der Waals surface area contributed by atoms with Crippen LogP contribution in [0.3, 0.4) is 0 Å². The molecule has 0 unspecified atom stereocenters. The molecule has 17 heavy (non-hydrogen) atoms. The first-order chi connectivity index (χ1) is 8.25. The summed E-state index contributed by atoms with van der Waals surface area (Å²) in [7, 11) is 0. The summed E-state index contributed by atoms with van der Waals surface area (Å²) in [4.78, 5) is 0. The Morgan fingerprint density at radius 1 is 1.12 bits per heavy atom. The minimum Gasteiger partial charge on any atom is -0.278 e. The minimum atomic E-state index is 0.713. The second kappa shape index (κ2) is 5.51. The lowest BCUT2D eigenvalue weighted by Gasteiger charge is -2.03. The zero-order chi connectivity index (χ0) is 12.1. The molecule has 86 valence electrons. The van der Waals surface area contributed by atoms with E-state index in [1.54, 1.807) is 6.21 Å². The van der Waals surface area contributed by atoms with Crippen molar-refractivity contribution < 1.29 is 0 Å². The summed E-state index contributed by atoms with van der Waals surface area (Å²) in [5, 5.41) is 4.89. The Kier molecular flexibility index (Phi) is 3.78. The van der Waals surface area contributed by atoms with Gasteiger partial charge >= 0.3 is 0 Å². The molecule has 0 fully saturated rings. The molecule has 0 aliphatic heterocycles. The Balaban J connectivity index is 2.06. The predicted octanol–water partition coefficient (Wildman–Crippen LogP) is 4.09. The average molecular weight is 245 g/mol. The fourth-order valence-corrected chi connectivity index (χ4v) is 1.66. The lowest BCUT2D eigenvalue weighted by molar-refractivity contribution is 1.31. The first kappa shape index (κ1) is 11.7. The van der Waals surface area contributed by atoms with Crippen LogP contribution in [0.1, 0.15) is 11.1 Å². The van der Waals surface area contributed by atoms with Gasteiger partial charge in [-0.3, -0.25) is 5.43 Å². The summed E-state index contributed by atoms with van der Waals surface area (Å²) >= 11 is 5.88. The van der Waals surface area contributed by atoms with Gasteiger partial charge < -0.3 is 0 Å². The van der Waals surface area contributed by atoms with Gasteiger partial charge in [0.2, 0.25) is 0 Å². The highest BCUT2D eigenvalue weighted by atomic mass is 35.5. The van der Waals surface area contributed by atoms with Crippen LogP contribution in [0, 0.1) is 6.92 Å². The number of anilines is 1. The van der Waals surface area contributed by atoms with E-state index in [1.165, 1.54) is 0 Å². The molecule has 0 heterocycles. The molecule has 0 saturated carbocycles. The maximum atomic E-state index is 5.88. The fraction of sp³-hybridized carbons (Fsp3) is 0.0714. The maximum absolute atomic E-state index is 5.88. The second-order valence-electron chi connectivity index (χ2n) is 3.74. The average Bonchev–Trinajstić information content (AvgIpc) is 2.32. The first-order valence-electron chi connectivity index (χ1n) is 5.36. The predicted molar refractivity (Wildman–Crippen MR) is 73.8 cm³/mol. The van der Waals surface area contributed by atoms with Crippen molar-refractivity contribution in [3.05, 3.63) is 64.7 Å². The number of aryl methyl sites for hydroxylation is 1. The van der Waals surface area contributed by atoms with Crippen LogP contribution in [0.2, 0.25) is 5.02 Å². The number of para-hydroxylation sites is 1. The highest BCUT2D eigenvalue weighted by Crippen LogP contribution is 2.13. The Bertz CT molecular complexity index is 535. The summed E-state index contributed by atoms with van der Waals surface area (Å²) in [6, 6.07) is 15.6. The molecule has 2 aromatic carbocycles. The third kappa shape index (κ3) is 3.33. The van der Waals surface area contributed by atoms with Crippen molar-refractivity contribution in [3.63, 3.8) is 0 Å². The third-order valence-electron chi connectivity index (χ3n) is 2.39. The SMILES string of the molecule is Cc1ccccc1N/N=C\c1cccc(Cl)c1. The van der Waals surface area contributed by atoms with Gasteiger partial charge in [-0.15, -0.1) is 0 Å². The van der Waals surface area contributed by atoms with Gasteiger partial charge in [0, 0.05) is 5.02 Å². The number of rotatable bonds is 3. The number of halogens is 1. The quantitative estimate of drug-likeness (QED) is 0.638. The van der Waals surface area contributed by atoms with Gasteiger partial charge in [0.05, 0.1) is 11.9 Å². The van der Waals surface area contributed by atoms with E-state index < -0.39 is 0 Å². The van der Waals surface area contributed by atoms with Crippen LogP contribution in [0.4, 0.5) is 5.69 Å². The van der Waals surface area contributed by atoms with E-state index in [4.69, 9.17) is 11.6 Å². The molecule has 0 aliphatic carbocycles. The van der Waals surface area contributed by atoms with Gasteiger partial charge in [-0.2, -0.15) is 5.10 Å². The van der Waals surface area contributed by atoms with E-state index in [0.29, 0.717) is 5.02 Å². The standard InChI is InChI=1S/C14H13ClN2/c1-11-5-2-3-8-14(11)17-16-10-12-6-4-7-13(15)9-12/h2-10,17H,1H3/b16-10-. The largest absolute Gasteiger partial charge is 0.278 e. The van der Waals surface area contributed by atoms with Gasteiger partial charge in [-0.1, -0.05) is 41.9 Å². The van der Waals surface area contributed by atoms with Crippen molar-refractivity contribution >= 4 is 23.5 Å². The van der Waals surface area contributed by atoms with E-state index in [2.05, 4.69) is 10.5 Å². The second-order valence-corrected chi connectivity index (χ2v) is 4.18. The van der Waals surface area contributed by atoms with Gasteiger partial charge in [0.15, 0.2) is 0 Å². The molecular weight excluding hydrogens is 232 g/mol. The van der Waals surface area contributed by atoms with Crippen LogP contribution < -0.4 is 5.43 Å². The molecule has 2 nitrogen and oxygen atoms in total. The highest BCUT2D eigenvalue weighted by Gasteiger charge is 1.93. The molecule has 3 heteroatoms. The number of hydrogen-bond donors (Lipinski definition) is 1. The number of hydrogen-bond acceptors (Lipinski definition) is 2. The van der Waals surface area contributed by atoms with Crippen molar-refractivity contribution in [1.82, 2.24) is 0 Å². The Hall–Kier alpha value is -1.80. The highest BCUT2D eigenvalue weighted by molar-refractivity contribution is 6.30. The van der Waals surface area contributed by atoms with Gasteiger partial charge in [-0.25, -0.2) is 0 Å². The molecule has 1 N–H and O–H groups in total. The van der Waals surface area contributed by atoms with E-state index in [-0.39, 0.29) is 0 Å². The van der Waals surface area contributed by atoms with Crippen molar-refractivity contribution in [1.29, 1.82) is 0 Å². The summed E-state index contributed by atoms with van der Waals surface area (Å²) in [6.45, 7) is 2.04. The van der Waals surface area contributed by atoms with Crippen LogP contribution in [0.15, 0.2) is 53.6 Å². The van der Waals surface area contributed by atoms with Crippen molar-refractivity contribution in [3.8, 4) is 0 Å². The molecule has 2 rings (SSSR count). The van der Waals surface area contributed by atoms with Crippen LogP contribution in [0.5, 0.6) is 0 Å². The van der Waals surface area contributed by atoms with Crippen LogP contribution in [-0.4, -0.2) is 6.21 Å². The molecule has 0 bridgehead atoms. The van der Waals surface area contributed by atoms with Gasteiger partial charge in [0.1, 0.15) is 0 Å². The Morgan fingerprint density at radius 3 is 2.71 bits per heavy atom. The van der Waals surface area contributed by atoms with E-state index in [1.807, 2.05) is 55.5 Å². The van der Waals surface area contributed by atoms with Gasteiger partial charge in [-0.05, 0) is 36.2 Å². The summed E-state index contributed by atoms with van der Waals surface area (Å²) in [5.74, 6) is 0. The molecule has 0 saturated heterocycles. The summed E-state index contributed by atoms with van der Waals surface area (Å²) < 4.78 is 0. The number of hydrazone groups is 1. The molecule has 0 aliphatic rings. The summed E-state index contributed by atoms with van der Waals surface area (Å²) in [5.41, 5.74) is 6.15. The number of nitrogens with one attached hydrogen (secondary N) is 1. The third-order valence-corrected chi connectivity index (χ3v) is 2.63. The lowest BCUT2D eigenvalue weighted by Crippen LogP contribution is -1.92. The van der Waals surface area contributed by atoms with Crippen molar-refractivity contribution in [2.24, 2.45) is 5.10 Å². The normalized spacial score (nSPS) is 10.7. The topological polar surface area (TPSA) is 24.4 Å². The van der Waals surface area contributed by atoms with Gasteiger partial charge in [0.25, 0.3) is 0 Å². The molecule has 0 amide bonds. The fourth-order valence-electron chi connectivity index (χ4n) is 1.46. The van der Waals surface area contributed by atoms with Crippen molar-refractivity contribution in [2.75, 3.05) is 5.43 Å². The molecular formula is C14H13ClN2. The molecule has 2 aromatic rings. The Labute approximate surface area is 106 Å². The van der Waals surface area contributed by atoms with Crippen LogP contribution >= 0.6 is 11.6 Å². The molecule has 0 spiro atoms. The number of nitrogens with zero attached hydrogens (tertiary/aromatic N) is 1. The maximum Gasteiger partial charge on any atom is 0.0590 e. The smallest absolute Gasteiger partial charge is 0.0590 e. The Morgan fingerprint density at radius 2 is 1.94 bits per heavy atom. The van der Waals surface area contributed by atoms with E-state index in [0.717, 1.165) is 16.8 Å². The van der Waals surface area contributed by atoms with E-state index in [9.17, 15) is 0 Å². The van der Waals surface area contributed by atoms with Crippen LogP contribution in [0.25, 0.3) is 0 Å². The molecule has 0 aromatic heterocycles. The monoisotopic (exact) mass is 244 g/mol. The molecule has 0 radical (unpaired) electrons. The molecule has 0 atom stereocenters. The zero-order valence-electron chi connectivity index (χ0n) is 9.52. The van der Waals surface area contributed by atoms with Crippen LogP contribution in [-0.2, 0) is 0 Å². The van der Waals surface area contributed by atoms with E-state index >= 15 is 0 Å². The minimum absolute atomic E-state index is 0.713. The zero-order valence-corrected chi connectivity index (χ0v) is 10.3. The summed E-state index contributed by atoms with van der Waals surface area (Å²) in [6.07, 6.45) is 1.75. The van der Waals surface area contributed by atoms with Crippen molar-refractivity contribution in [2.45, 2.75) is 6.92 Å². The first-order valence-corrected chi connectivity index (χ1v) is 5.74. The number of benzene rings is 2.